The molecule has 5 heteroatoms. The molecule has 0 spiro atoms. The highest BCUT2D eigenvalue weighted by Crippen LogP contribution is 2.63. The van der Waals surface area contributed by atoms with Crippen LogP contribution in [0.4, 0.5) is 0 Å². The summed E-state index contributed by atoms with van der Waals surface area (Å²) < 4.78 is 25.8. The number of aryl methyl sites for hydroxylation is 1. The van der Waals surface area contributed by atoms with Gasteiger partial charge in [0.15, 0.2) is 15.3 Å². The number of hydrogen-bond donors (Lipinski definition) is 0. The lowest BCUT2D eigenvalue weighted by Crippen LogP contribution is -2.14. The lowest BCUT2D eigenvalue weighted by atomic mass is 10.0. The summed E-state index contributed by atoms with van der Waals surface area (Å²) >= 11 is 0. The highest BCUT2D eigenvalue weighted by molar-refractivity contribution is 7.92. The highest BCUT2D eigenvalue weighted by atomic mass is 32.2. The third kappa shape index (κ3) is 2.21. The quantitative estimate of drug-likeness (QED) is 0.870. The summed E-state index contributed by atoms with van der Waals surface area (Å²) in [6.07, 6.45) is 0. The van der Waals surface area contributed by atoms with Gasteiger partial charge in [-0.25, -0.2) is 8.42 Å². The summed E-state index contributed by atoms with van der Waals surface area (Å²) in [6, 6.07) is 19.3. The third-order valence-corrected chi connectivity index (χ3v) is 6.59. The Morgan fingerprint density at radius 1 is 0.957 bits per heavy atom. The van der Waals surface area contributed by atoms with E-state index in [9.17, 15) is 18.9 Å². The molecule has 0 saturated heterocycles. The van der Waals surface area contributed by atoms with Crippen molar-refractivity contribution in [3.63, 3.8) is 0 Å². The Labute approximate surface area is 135 Å². The van der Waals surface area contributed by atoms with Crippen LogP contribution >= 0.6 is 0 Å². The summed E-state index contributed by atoms with van der Waals surface area (Å²) in [7, 11) is -3.76. The summed E-state index contributed by atoms with van der Waals surface area (Å²) in [5.74, 6) is -0.620. The summed E-state index contributed by atoms with van der Waals surface area (Å²) in [5.41, 5.74) is 0.132. The molecule has 23 heavy (non-hydrogen) atoms. The smallest absolute Gasteiger partial charge is 0.184 e. The monoisotopic (exact) mass is 322 g/mol. The maximum atomic E-state index is 12.9. The van der Waals surface area contributed by atoms with Gasteiger partial charge in [-0.3, -0.25) is 0 Å². The maximum Gasteiger partial charge on any atom is 0.184 e. The molecule has 1 aliphatic carbocycles. The van der Waals surface area contributed by atoms with Crippen LogP contribution in [0.1, 0.15) is 17.0 Å². The molecule has 0 radical (unpaired) electrons. The van der Waals surface area contributed by atoms with Crippen molar-refractivity contribution in [3.05, 3.63) is 65.7 Å². The lowest BCUT2D eigenvalue weighted by molar-refractivity contribution is 0.591. The van der Waals surface area contributed by atoms with Crippen LogP contribution in [0.15, 0.2) is 59.5 Å². The van der Waals surface area contributed by atoms with Crippen LogP contribution < -0.4 is 0 Å². The average molecular weight is 322 g/mol. The zero-order valence-electron chi connectivity index (χ0n) is 12.5. The Kier molecular flexibility index (Phi) is 3.47. The van der Waals surface area contributed by atoms with E-state index in [1.807, 2.05) is 25.1 Å². The SMILES string of the molecule is Cc1ccc(S(=O)(=O)[C@@H]2[C@@H](c3ccccc3)C2(C#N)C#N)cc1. The molecular weight excluding hydrogens is 308 g/mol. The van der Waals surface area contributed by atoms with Gasteiger partial charge in [0.25, 0.3) is 0 Å². The predicted molar refractivity (Wildman–Crippen MR) is 85.0 cm³/mol. The number of sulfone groups is 1. The minimum absolute atomic E-state index is 0.154. The number of rotatable bonds is 3. The van der Waals surface area contributed by atoms with Gasteiger partial charge in [-0.05, 0) is 24.6 Å². The van der Waals surface area contributed by atoms with E-state index in [0.717, 1.165) is 5.56 Å². The van der Waals surface area contributed by atoms with Gasteiger partial charge in [-0.1, -0.05) is 48.0 Å². The van der Waals surface area contributed by atoms with Crippen molar-refractivity contribution in [2.75, 3.05) is 0 Å². The van der Waals surface area contributed by atoms with E-state index in [0.29, 0.717) is 5.56 Å². The van der Waals surface area contributed by atoms with Gasteiger partial charge < -0.3 is 0 Å². The second-order valence-electron chi connectivity index (χ2n) is 5.76. The zero-order valence-corrected chi connectivity index (χ0v) is 13.3. The van der Waals surface area contributed by atoms with Crippen LogP contribution in [0.2, 0.25) is 0 Å². The molecule has 0 unspecified atom stereocenters. The molecule has 0 heterocycles. The van der Waals surface area contributed by atoms with E-state index < -0.39 is 26.4 Å². The highest BCUT2D eigenvalue weighted by Gasteiger charge is 2.73. The van der Waals surface area contributed by atoms with Crippen LogP contribution in [0.5, 0.6) is 0 Å². The van der Waals surface area contributed by atoms with Crippen molar-refractivity contribution >= 4 is 9.84 Å². The first-order valence-corrected chi connectivity index (χ1v) is 8.70. The van der Waals surface area contributed by atoms with Crippen LogP contribution in [0, 0.1) is 35.0 Å². The molecule has 0 amide bonds. The molecule has 4 nitrogen and oxygen atoms in total. The van der Waals surface area contributed by atoms with E-state index >= 15 is 0 Å². The molecular formula is C18H14N2O2S. The van der Waals surface area contributed by atoms with Crippen LogP contribution in [-0.4, -0.2) is 13.7 Å². The van der Waals surface area contributed by atoms with Gasteiger partial charge in [-0.15, -0.1) is 0 Å². The van der Waals surface area contributed by atoms with E-state index in [2.05, 4.69) is 0 Å². The molecule has 2 aromatic carbocycles. The molecule has 0 N–H and O–H groups in total. The average Bonchev–Trinajstić information content (AvgIpc) is 3.27. The minimum atomic E-state index is -3.76. The minimum Gasteiger partial charge on any atom is -0.223 e. The van der Waals surface area contributed by atoms with Gasteiger partial charge in [0.2, 0.25) is 0 Å². The Morgan fingerprint density at radius 2 is 1.52 bits per heavy atom. The van der Waals surface area contributed by atoms with Gasteiger partial charge in [-0.2, -0.15) is 10.5 Å². The molecule has 0 aliphatic heterocycles. The Morgan fingerprint density at radius 3 is 2.04 bits per heavy atom. The van der Waals surface area contributed by atoms with Crippen LogP contribution in [0.25, 0.3) is 0 Å². The lowest BCUT2D eigenvalue weighted by Gasteiger charge is -2.04. The molecule has 0 bridgehead atoms. The molecule has 1 aliphatic rings. The van der Waals surface area contributed by atoms with Gasteiger partial charge in [0, 0.05) is 5.92 Å². The first kappa shape index (κ1) is 15.3. The summed E-state index contributed by atoms with van der Waals surface area (Å²) in [6.45, 7) is 1.87. The second kappa shape index (κ2) is 5.22. The van der Waals surface area contributed by atoms with Crippen molar-refractivity contribution in [2.24, 2.45) is 5.41 Å². The van der Waals surface area contributed by atoms with Crippen molar-refractivity contribution in [2.45, 2.75) is 23.0 Å². The van der Waals surface area contributed by atoms with Crippen molar-refractivity contribution in [1.82, 2.24) is 0 Å². The molecule has 3 rings (SSSR count). The fraction of sp³-hybridized carbons (Fsp3) is 0.222. The van der Waals surface area contributed by atoms with E-state index in [4.69, 9.17) is 0 Å². The van der Waals surface area contributed by atoms with Crippen molar-refractivity contribution in [1.29, 1.82) is 10.5 Å². The molecule has 1 saturated carbocycles. The largest absolute Gasteiger partial charge is 0.223 e. The maximum absolute atomic E-state index is 12.9. The normalized spacial score (nSPS) is 21.9. The number of nitrogens with zero attached hydrogens (tertiary/aromatic N) is 2. The van der Waals surface area contributed by atoms with Crippen LogP contribution in [0.3, 0.4) is 0 Å². The fourth-order valence-corrected chi connectivity index (χ4v) is 5.25. The Bertz CT molecular complexity index is 906. The molecule has 2 aromatic rings. The number of benzene rings is 2. The summed E-state index contributed by atoms with van der Waals surface area (Å²) in [4.78, 5) is 0.154. The summed E-state index contributed by atoms with van der Waals surface area (Å²) in [5, 5.41) is 17.9. The predicted octanol–water partition coefficient (Wildman–Crippen LogP) is 2.97. The van der Waals surface area contributed by atoms with Gasteiger partial charge in [0.05, 0.1) is 17.0 Å². The van der Waals surface area contributed by atoms with E-state index in [-0.39, 0.29) is 4.90 Å². The third-order valence-electron chi connectivity index (χ3n) is 4.35. The topological polar surface area (TPSA) is 81.7 Å². The first-order chi connectivity index (χ1) is 11.0. The molecule has 2 atom stereocenters. The van der Waals surface area contributed by atoms with Gasteiger partial charge in [0.1, 0.15) is 5.25 Å². The number of hydrogen-bond acceptors (Lipinski definition) is 4. The van der Waals surface area contributed by atoms with Crippen molar-refractivity contribution < 1.29 is 8.42 Å². The molecule has 114 valence electrons. The molecule has 0 aromatic heterocycles. The first-order valence-electron chi connectivity index (χ1n) is 7.15. The van der Waals surface area contributed by atoms with Crippen molar-refractivity contribution in [3.8, 4) is 12.1 Å². The standard InChI is InChI=1S/C18H14N2O2S/c1-13-7-9-15(10-8-13)23(21,22)17-16(18(17,11-19)12-20)14-5-3-2-4-6-14/h2-10,16-17H,1H3/t16-,17-/m1/s1. The second-order valence-corrected chi connectivity index (χ2v) is 7.83. The molecule has 1 fully saturated rings. The van der Waals surface area contributed by atoms with Gasteiger partial charge >= 0.3 is 0 Å². The Balaban J connectivity index is 2.10. The zero-order chi connectivity index (χ0) is 16.7. The fourth-order valence-electron chi connectivity index (χ4n) is 3.04. The Hall–Kier alpha value is -2.63. The van der Waals surface area contributed by atoms with E-state index in [1.165, 1.54) is 12.1 Å². The number of nitriles is 2. The van der Waals surface area contributed by atoms with E-state index in [1.54, 1.807) is 36.4 Å². The van der Waals surface area contributed by atoms with Crippen LogP contribution in [-0.2, 0) is 9.84 Å².